The van der Waals surface area contributed by atoms with Crippen molar-refractivity contribution in [2.24, 2.45) is 0 Å². The van der Waals surface area contributed by atoms with Gasteiger partial charge in [-0.2, -0.15) is 0 Å². The van der Waals surface area contributed by atoms with Gasteiger partial charge in [0.05, 0.1) is 23.6 Å². The Bertz CT molecular complexity index is 763. The summed E-state index contributed by atoms with van der Waals surface area (Å²) in [5.41, 5.74) is 0.467. The first-order chi connectivity index (χ1) is 11.8. The molecular weight excluding hydrogens is 370 g/mol. The zero-order valence-corrected chi connectivity index (χ0v) is 15.3. The molecule has 1 aromatic rings. The van der Waals surface area contributed by atoms with Gasteiger partial charge in [0.15, 0.2) is 11.5 Å². The third kappa shape index (κ3) is 3.91. The lowest BCUT2D eigenvalue weighted by atomic mass is 10.1. The number of halogens is 1. The topological polar surface area (TPSA) is 93.1 Å². The number of phenols is 1. The number of rotatable bonds is 5. The minimum absolute atomic E-state index is 0.0460. The van der Waals surface area contributed by atoms with E-state index in [1.54, 1.807) is 6.92 Å². The highest BCUT2D eigenvalue weighted by atomic mass is 35.5. The summed E-state index contributed by atoms with van der Waals surface area (Å²) in [4.78, 5) is 37.4. The Morgan fingerprint density at radius 2 is 2.12 bits per heavy atom. The van der Waals surface area contributed by atoms with E-state index in [1.165, 1.54) is 32.2 Å². The Kier molecular flexibility index (Phi) is 5.97. The van der Waals surface area contributed by atoms with E-state index in [1.807, 2.05) is 0 Å². The summed E-state index contributed by atoms with van der Waals surface area (Å²) < 4.78 is 9.85. The Morgan fingerprint density at radius 1 is 1.44 bits per heavy atom. The van der Waals surface area contributed by atoms with Crippen LogP contribution in [0, 0.1) is 0 Å². The van der Waals surface area contributed by atoms with Crippen LogP contribution in [0.5, 0.6) is 11.5 Å². The molecule has 0 aromatic heterocycles. The number of hydrogen-bond donors (Lipinski definition) is 1. The van der Waals surface area contributed by atoms with Gasteiger partial charge in [-0.05, 0) is 49.4 Å². The van der Waals surface area contributed by atoms with E-state index in [4.69, 9.17) is 21.1 Å². The van der Waals surface area contributed by atoms with Crippen LogP contribution in [-0.4, -0.2) is 46.9 Å². The molecule has 1 atom stereocenters. The first-order valence-corrected chi connectivity index (χ1v) is 8.49. The third-order valence-electron chi connectivity index (χ3n) is 3.41. The zero-order valence-electron chi connectivity index (χ0n) is 13.7. The number of nitrogens with zero attached hydrogens (tertiary/aromatic N) is 1. The van der Waals surface area contributed by atoms with Crippen molar-refractivity contribution in [3.05, 3.63) is 27.6 Å². The van der Waals surface area contributed by atoms with E-state index in [0.717, 1.165) is 4.90 Å². The van der Waals surface area contributed by atoms with Gasteiger partial charge >= 0.3 is 5.97 Å². The smallest absolute Gasteiger partial charge is 0.329 e. The fourth-order valence-electron chi connectivity index (χ4n) is 2.17. The van der Waals surface area contributed by atoms with Crippen LogP contribution in [0.3, 0.4) is 0 Å². The van der Waals surface area contributed by atoms with E-state index in [9.17, 15) is 19.5 Å². The molecule has 134 valence electrons. The second-order valence-corrected chi connectivity index (χ2v) is 6.43. The predicted octanol–water partition coefficient (Wildman–Crippen LogP) is 3.04. The molecule has 0 bridgehead atoms. The highest BCUT2D eigenvalue weighted by Crippen LogP contribution is 2.38. The Labute approximate surface area is 153 Å². The number of carbonyl (C=O) groups excluding carboxylic acids is 3. The van der Waals surface area contributed by atoms with Crippen molar-refractivity contribution in [1.29, 1.82) is 0 Å². The van der Waals surface area contributed by atoms with E-state index in [2.05, 4.69) is 0 Å². The van der Waals surface area contributed by atoms with Gasteiger partial charge in [0, 0.05) is 0 Å². The Hall–Kier alpha value is -2.19. The average molecular weight is 386 g/mol. The SMILES string of the molecule is CCOC(=O)[C@H](C)N1C(=O)SC(=Cc2cc(Cl)c(O)c(OC)c2)C1=O. The molecule has 25 heavy (non-hydrogen) atoms. The lowest BCUT2D eigenvalue weighted by Gasteiger charge is -2.19. The third-order valence-corrected chi connectivity index (χ3v) is 4.58. The van der Waals surface area contributed by atoms with Gasteiger partial charge in [-0.25, -0.2) is 4.79 Å². The van der Waals surface area contributed by atoms with Crippen molar-refractivity contribution in [3.8, 4) is 11.5 Å². The highest BCUT2D eigenvalue weighted by molar-refractivity contribution is 8.18. The quantitative estimate of drug-likeness (QED) is 0.615. The van der Waals surface area contributed by atoms with Gasteiger partial charge in [-0.15, -0.1) is 0 Å². The van der Waals surface area contributed by atoms with Crippen molar-refractivity contribution in [2.45, 2.75) is 19.9 Å². The maximum absolute atomic E-state index is 12.5. The fourth-order valence-corrected chi connectivity index (χ4v) is 3.29. The molecule has 1 heterocycles. The highest BCUT2D eigenvalue weighted by Gasteiger charge is 2.41. The summed E-state index contributed by atoms with van der Waals surface area (Å²) in [5.74, 6) is -1.33. The molecular formula is C16H16ClNO6S. The molecule has 2 amide bonds. The zero-order chi connectivity index (χ0) is 18.7. The summed E-state index contributed by atoms with van der Waals surface area (Å²) in [6, 6.07) is 1.89. The number of benzene rings is 1. The molecule has 1 aliphatic rings. The van der Waals surface area contributed by atoms with Crippen molar-refractivity contribution >= 4 is 46.6 Å². The molecule has 1 N–H and O–H groups in total. The molecule has 1 fully saturated rings. The van der Waals surface area contributed by atoms with Gasteiger partial charge in [-0.3, -0.25) is 14.5 Å². The lowest BCUT2D eigenvalue weighted by Crippen LogP contribution is -2.42. The van der Waals surface area contributed by atoms with Crippen LogP contribution in [-0.2, 0) is 14.3 Å². The standard InChI is InChI=1S/C16H16ClNO6S/c1-4-24-15(21)8(2)18-14(20)12(25-16(18)22)7-9-5-10(17)13(19)11(6-9)23-3/h5-8,19H,4H2,1-3H3/t8-/m0/s1. The molecule has 1 aromatic carbocycles. The molecule has 0 saturated carbocycles. The number of aromatic hydroxyl groups is 1. The maximum atomic E-state index is 12.5. The van der Waals surface area contributed by atoms with E-state index in [-0.39, 0.29) is 28.0 Å². The van der Waals surface area contributed by atoms with Gasteiger partial charge in [0.2, 0.25) is 0 Å². The van der Waals surface area contributed by atoms with Crippen LogP contribution in [0.1, 0.15) is 19.4 Å². The monoisotopic (exact) mass is 385 g/mol. The Morgan fingerprint density at radius 3 is 2.72 bits per heavy atom. The molecule has 9 heteroatoms. The van der Waals surface area contributed by atoms with Crippen LogP contribution in [0.4, 0.5) is 4.79 Å². The Balaban J connectivity index is 2.32. The van der Waals surface area contributed by atoms with Crippen LogP contribution < -0.4 is 4.74 Å². The molecule has 0 unspecified atom stereocenters. The summed E-state index contributed by atoms with van der Waals surface area (Å²) in [5, 5.41) is 9.22. The molecule has 7 nitrogen and oxygen atoms in total. The number of thioether (sulfide) groups is 1. The number of phenolic OH excluding ortho intramolecular Hbond substituents is 1. The van der Waals surface area contributed by atoms with Gasteiger partial charge in [-0.1, -0.05) is 11.6 Å². The van der Waals surface area contributed by atoms with Crippen LogP contribution in [0.2, 0.25) is 5.02 Å². The normalized spacial score (nSPS) is 17.1. The van der Waals surface area contributed by atoms with Crippen molar-refractivity contribution in [2.75, 3.05) is 13.7 Å². The van der Waals surface area contributed by atoms with Crippen molar-refractivity contribution in [1.82, 2.24) is 4.90 Å². The molecule has 0 radical (unpaired) electrons. The minimum atomic E-state index is -1.02. The molecule has 2 rings (SSSR count). The van der Waals surface area contributed by atoms with Gasteiger partial charge < -0.3 is 14.6 Å². The number of methoxy groups -OCH3 is 1. The minimum Gasteiger partial charge on any atom is -0.503 e. The summed E-state index contributed by atoms with van der Waals surface area (Å²) in [6.07, 6.45) is 1.44. The maximum Gasteiger partial charge on any atom is 0.329 e. The number of carbonyl (C=O) groups is 3. The number of hydrogen-bond acceptors (Lipinski definition) is 7. The summed E-state index contributed by atoms with van der Waals surface area (Å²) in [6.45, 7) is 3.22. The molecule has 0 aliphatic carbocycles. The van der Waals surface area contributed by atoms with Crippen LogP contribution in [0.15, 0.2) is 17.0 Å². The number of esters is 1. The second kappa shape index (κ2) is 7.79. The number of imide groups is 1. The number of amides is 2. The van der Waals surface area contributed by atoms with Crippen LogP contribution >= 0.6 is 23.4 Å². The van der Waals surface area contributed by atoms with E-state index < -0.39 is 23.2 Å². The lowest BCUT2D eigenvalue weighted by molar-refractivity contribution is -0.150. The van der Waals surface area contributed by atoms with Gasteiger partial charge in [0.1, 0.15) is 6.04 Å². The van der Waals surface area contributed by atoms with E-state index >= 15 is 0 Å². The molecule has 1 aliphatic heterocycles. The van der Waals surface area contributed by atoms with E-state index in [0.29, 0.717) is 17.3 Å². The second-order valence-electron chi connectivity index (χ2n) is 5.03. The summed E-state index contributed by atoms with van der Waals surface area (Å²) >= 11 is 6.62. The molecule has 1 saturated heterocycles. The van der Waals surface area contributed by atoms with Crippen molar-refractivity contribution < 1.29 is 29.0 Å². The summed E-state index contributed by atoms with van der Waals surface area (Å²) in [7, 11) is 1.37. The number of ether oxygens (including phenoxy) is 2. The van der Waals surface area contributed by atoms with Crippen molar-refractivity contribution in [3.63, 3.8) is 0 Å². The first-order valence-electron chi connectivity index (χ1n) is 7.30. The van der Waals surface area contributed by atoms with Crippen LogP contribution in [0.25, 0.3) is 6.08 Å². The fraction of sp³-hybridized carbons (Fsp3) is 0.312. The average Bonchev–Trinajstić information content (AvgIpc) is 2.84. The molecule has 0 spiro atoms. The van der Waals surface area contributed by atoms with Gasteiger partial charge in [0.25, 0.3) is 11.1 Å². The first kappa shape index (κ1) is 19.1. The predicted molar refractivity (Wildman–Crippen MR) is 93.6 cm³/mol. The largest absolute Gasteiger partial charge is 0.503 e.